The number of benzene rings is 2. The van der Waals surface area contributed by atoms with E-state index < -0.39 is 0 Å². The number of anilines is 1. The highest BCUT2D eigenvalue weighted by molar-refractivity contribution is 8.01. The molecule has 21 heavy (non-hydrogen) atoms. The molecule has 1 saturated heterocycles. The number of rotatable bonds is 2. The van der Waals surface area contributed by atoms with E-state index in [4.69, 9.17) is 23.2 Å². The Morgan fingerprint density at radius 3 is 2.43 bits per heavy atom. The summed E-state index contributed by atoms with van der Waals surface area (Å²) in [5.74, 6) is 0.0993. The molecular formula is C16H13Cl2NOS. The average molecular weight is 338 g/mol. The molecule has 1 fully saturated rings. The summed E-state index contributed by atoms with van der Waals surface area (Å²) in [5.41, 5.74) is 1.88. The first-order valence-electron chi connectivity index (χ1n) is 6.56. The summed E-state index contributed by atoms with van der Waals surface area (Å²) in [5, 5.41) is 1.18. The van der Waals surface area contributed by atoms with E-state index >= 15 is 0 Å². The van der Waals surface area contributed by atoms with Gasteiger partial charge in [-0.1, -0.05) is 41.4 Å². The van der Waals surface area contributed by atoms with Crippen LogP contribution in [0.4, 0.5) is 5.69 Å². The molecule has 2 atom stereocenters. The van der Waals surface area contributed by atoms with Gasteiger partial charge < -0.3 is 0 Å². The lowest BCUT2D eigenvalue weighted by molar-refractivity contribution is -0.117. The van der Waals surface area contributed by atoms with Crippen LogP contribution in [0.2, 0.25) is 10.0 Å². The quantitative estimate of drug-likeness (QED) is 0.754. The van der Waals surface area contributed by atoms with Gasteiger partial charge in [0.05, 0.1) is 5.25 Å². The third-order valence-corrected chi connectivity index (χ3v) is 5.23. The van der Waals surface area contributed by atoms with Gasteiger partial charge in [-0.2, -0.15) is 0 Å². The Kier molecular flexibility index (Phi) is 4.16. The molecule has 1 amide bonds. The van der Waals surface area contributed by atoms with Gasteiger partial charge in [0.25, 0.3) is 0 Å². The van der Waals surface area contributed by atoms with E-state index in [0.717, 1.165) is 11.3 Å². The van der Waals surface area contributed by atoms with Crippen LogP contribution in [-0.4, -0.2) is 11.2 Å². The van der Waals surface area contributed by atoms with Crippen LogP contribution in [0.25, 0.3) is 0 Å². The Hall–Kier alpha value is -1.16. The molecule has 2 nitrogen and oxygen atoms in total. The zero-order valence-electron chi connectivity index (χ0n) is 11.3. The van der Waals surface area contributed by atoms with E-state index in [9.17, 15) is 4.79 Å². The molecule has 0 aliphatic carbocycles. The molecule has 2 unspecified atom stereocenters. The highest BCUT2D eigenvalue weighted by Gasteiger charge is 2.39. The van der Waals surface area contributed by atoms with E-state index in [2.05, 4.69) is 0 Å². The van der Waals surface area contributed by atoms with Crippen LogP contribution in [0, 0.1) is 0 Å². The largest absolute Gasteiger partial charge is 0.295 e. The molecule has 1 aliphatic rings. The maximum absolute atomic E-state index is 12.5. The molecule has 0 aromatic heterocycles. The van der Waals surface area contributed by atoms with Gasteiger partial charge in [0.2, 0.25) is 5.91 Å². The molecule has 0 radical (unpaired) electrons. The predicted octanol–water partition coefficient (Wildman–Crippen LogP) is 5.16. The van der Waals surface area contributed by atoms with Crippen molar-refractivity contribution in [1.29, 1.82) is 0 Å². The number of amides is 1. The number of nitrogens with zero attached hydrogens (tertiary/aromatic N) is 1. The fourth-order valence-electron chi connectivity index (χ4n) is 2.37. The zero-order chi connectivity index (χ0) is 15.0. The van der Waals surface area contributed by atoms with Crippen LogP contribution in [0.1, 0.15) is 17.9 Å². The Balaban J connectivity index is 2.02. The number of carbonyl (C=O) groups excluding carboxylic acids is 1. The molecule has 1 heterocycles. The highest BCUT2D eigenvalue weighted by Crippen LogP contribution is 2.45. The van der Waals surface area contributed by atoms with Gasteiger partial charge in [0, 0.05) is 15.7 Å². The van der Waals surface area contributed by atoms with Crippen molar-refractivity contribution in [3.05, 3.63) is 64.1 Å². The van der Waals surface area contributed by atoms with E-state index in [1.54, 1.807) is 17.8 Å². The van der Waals surface area contributed by atoms with Crippen molar-refractivity contribution < 1.29 is 4.79 Å². The molecule has 108 valence electrons. The Morgan fingerprint density at radius 1 is 1.05 bits per heavy atom. The van der Waals surface area contributed by atoms with Gasteiger partial charge in [-0.05, 0) is 42.8 Å². The topological polar surface area (TPSA) is 20.3 Å². The summed E-state index contributed by atoms with van der Waals surface area (Å²) in [6.07, 6.45) is 0. The van der Waals surface area contributed by atoms with Crippen LogP contribution in [0.15, 0.2) is 48.5 Å². The second-order valence-electron chi connectivity index (χ2n) is 4.87. The van der Waals surface area contributed by atoms with Gasteiger partial charge in [-0.3, -0.25) is 9.69 Å². The lowest BCUT2D eigenvalue weighted by Gasteiger charge is -2.24. The van der Waals surface area contributed by atoms with Crippen LogP contribution >= 0.6 is 35.0 Å². The number of thioether (sulfide) groups is 1. The Labute approximate surface area is 138 Å². The number of hydrogen-bond acceptors (Lipinski definition) is 2. The summed E-state index contributed by atoms with van der Waals surface area (Å²) in [6, 6.07) is 15.0. The van der Waals surface area contributed by atoms with E-state index in [-0.39, 0.29) is 16.5 Å². The second kappa shape index (κ2) is 5.91. The van der Waals surface area contributed by atoms with Gasteiger partial charge in [-0.25, -0.2) is 0 Å². The summed E-state index contributed by atoms with van der Waals surface area (Å²) >= 11 is 13.6. The van der Waals surface area contributed by atoms with Gasteiger partial charge in [-0.15, -0.1) is 11.8 Å². The van der Waals surface area contributed by atoms with E-state index in [0.29, 0.717) is 10.0 Å². The number of halogens is 2. The maximum atomic E-state index is 12.5. The van der Waals surface area contributed by atoms with Gasteiger partial charge in [0.15, 0.2) is 0 Å². The van der Waals surface area contributed by atoms with Crippen molar-refractivity contribution in [2.24, 2.45) is 0 Å². The van der Waals surface area contributed by atoms with Crippen molar-refractivity contribution in [3.63, 3.8) is 0 Å². The SMILES string of the molecule is CC1SC(c2ccc(Cl)cc2)N(c2cccc(Cl)c2)C1=O. The zero-order valence-corrected chi connectivity index (χ0v) is 13.6. The summed E-state index contributed by atoms with van der Waals surface area (Å²) in [6.45, 7) is 1.93. The predicted molar refractivity (Wildman–Crippen MR) is 90.2 cm³/mol. The minimum Gasteiger partial charge on any atom is -0.295 e. The first kappa shape index (κ1) is 14.8. The van der Waals surface area contributed by atoms with E-state index in [1.807, 2.05) is 54.3 Å². The van der Waals surface area contributed by atoms with Crippen LogP contribution in [0.5, 0.6) is 0 Å². The summed E-state index contributed by atoms with van der Waals surface area (Å²) < 4.78 is 0. The summed E-state index contributed by atoms with van der Waals surface area (Å²) in [7, 11) is 0. The van der Waals surface area contributed by atoms with Crippen LogP contribution < -0.4 is 4.90 Å². The fraction of sp³-hybridized carbons (Fsp3) is 0.188. The minimum atomic E-state index is -0.0790. The molecular weight excluding hydrogens is 325 g/mol. The molecule has 0 bridgehead atoms. The van der Waals surface area contributed by atoms with Crippen molar-refractivity contribution in [2.45, 2.75) is 17.5 Å². The molecule has 5 heteroatoms. The lowest BCUT2D eigenvalue weighted by atomic mass is 10.2. The van der Waals surface area contributed by atoms with E-state index in [1.165, 1.54) is 0 Å². The molecule has 0 saturated carbocycles. The average Bonchev–Trinajstić information content (AvgIpc) is 2.76. The summed E-state index contributed by atoms with van der Waals surface area (Å²) in [4.78, 5) is 14.3. The first-order chi connectivity index (χ1) is 10.1. The van der Waals surface area contributed by atoms with Crippen LogP contribution in [0.3, 0.4) is 0 Å². The third kappa shape index (κ3) is 2.91. The van der Waals surface area contributed by atoms with Crippen molar-refractivity contribution >= 4 is 46.6 Å². The smallest absolute Gasteiger partial charge is 0.241 e. The normalized spacial score (nSPS) is 21.9. The van der Waals surface area contributed by atoms with Gasteiger partial charge in [0.1, 0.15) is 5.37 Å². The Morgan fingerprint density at radius 2 is 1.76 bits per heavy atom. The third-order valence-electron chi connectivity index (χ3n) is 3.39. The molecule has 2 aromatic carbocycles. The fourth-order valence-corrected chi connectivity index (χ4v) is 3.96. The Bertz CT molecular complexity index is 674. The maximum Gasteiger partial charge on any atom is 0.241 e. The second-order valence-corrected chi connectivity index (χ2v) is 7.17. The molecule has 2 aromatic rings. The number of carbonyl (C=O) groups is 1. The molecule has 0 spiro atoms. The van der Waals surface area contributed by atoms with Crippen molar-refractivity contribution in [1.82, 2.24) is 0 Å². The van der Waals surface area contributed by atoms with Crippen LogP contribution in [-0.2, 0) is 4.79 Å². The number of hydrogen-bond donors (Lipinski definition) is 0. The monoisotopic (exact) mass is 337 g/mol. The first-order valence-corrected chi connectivity index (χ1v) is 8.26. The molecule has 0 N–H and O–H groups in total. The molecule has 3 rings (SSSR count). The standard InChI is InChI=1S/C16H13Cl2NOS/c1-10-15(20)19(14-4-2-3-13(18)9-14)16(21-10)11-5-7-12(17)8-6-11/h2-10,16H,1H3. The van der Waals surface area contributed by atoms with Crippen molar-refractivity contribution in [3.8, 4) is 0 Å². The minimum absolute atomic E-state index is 0.0526. The van der Waals surface area contributed by atoms with Crippen molar-refractivity contribution in [2.75, 3.05) is 4.90 Å². The molecule has 1 aliphatic heterocycles. The van der Waals surface area contributed by atoms with Gasteiger partial charge >= 0.3 is 0 Å². The highest BCUT2D eigenvalue weighted by atomic mass is 35.5. The lowest BCUT2D eigenvalue weighted by Crippen LogP contribution is -2.30.